The molecule has 1 amide bonds. The second kappa shape index (κ2) is 15.6. The van der Waals surface area contributed by atoms with Crippen LogP contribution in [-0.4, -0.2) is 17.9 Å². The van der Waals surface area contributed by atoms with E-state index in [1.54, 1.807) is 18.1 Å². The molecule has 0 aliphatic carbocycles. The van der Waals surface area contributed by atoms with Gasteiger partial charge in [0.1, 0.15) is 0 Å². The zero-order chi connectivity index (χ0) is 15.8. The van der Waals surface area contributed by atoms with Crippen LogP contribution in [0.1, 0.15) is 96.8 Å². The van der Waals surface area contributed by atoms with Gasteiger partial charge in [-0.15, -0.1) is 0 Å². The maximum Gasteiger partial charge on any atom is 0.226 e. The molecule has 0 spiro atoms. The van der Waals surface area contributed by atoms with Crippen LogP contribution >= 0.6 is 0 Å². The van der Waals surface area contributed by atoms with Crippen molar-refractivity contribution < 1.29 is 4.79 Å². The number of carbonyl (C=O) groups excluding carboxylic acids is 1. The van der Waals surface area contributed by atoms with Crippen molar-refractivity contribution >= 4 is 5.91 Å². The van der Waals surface area contributed by atoms with Crippen LogP contribution in [0, 0.1) is 0 Å². The molecule has 21 heavy (non-hydrogen) atoms. The highest BCUT2D eigenvalue weighted by Crippen LogP contribution is 2.13. The second-order valence-corrected chi connectivity index (χ2v) is 6.18. The molecule has 0 fully saturated rings. The first kappa shape index (κ1) is 20.2. The molecule has 0 aromatic rings. The summed E-state index contributed by atoms with van der Waals surface area (Å²) in [6.07, 6.45) is 19.7. The van der Waals surface area contributed by atoms with Crippen molar-refractivity contribution in [2.45, 2.75) is 96.8 Å². The highest BCUT2D eigenvalue weighted by atomic mass is 16.2. The quantitative estimate of drug-likeness (QED) is 0.336. The van der Waals surface area contributed by atoms with Crippen LogP contribution in [0.25, 0.3) is 0 Å². The molecule has 0 aromatic carbocycles. The highest BCUT2D eigenvalue weighted by Gasteiger charge is 2.03. The Morgan fingerprint density at radius 2 is 1.19 bits per heavy atom. The first-order chi connectivity index (χ1) is 10.2. The summed E-state index contributed by atoms with van der Waals surface area (Å²) in [4.78, 5) is 13.1. The Morgan fingerprint density at radius 1 is 0.810 bits per heavy atom. The average Bonchev–Trinajstić information content (AvgIpc) is 2.50. The molecular weight excluding hydrogens is 258 g/mol. The molecule has 0 saturated carbocycles. The van der Waals surface area contributed by atoms with Crippen molar-refractivity contribution in [1.82, 2.24) is 4.90 Å². The van der Waals surface area contributed by atoms with E-state index in [4.69, 9.17) is 0 Å². The third kappa shape index (κ3) is 13.9. The molecule has 0 unspecified atom stereocenters. The third-order valence-electron chi connectivity index (χ3n) is 4.16. The van der Waals surface area contributed by atoms with Gasteiger partial charge in [0.05, 0.1) is 0 Å². The normalized spacial score (nSPS) is 10.6. The van der Waals surface area contributed by atoms with Crippen molar-refractivity contribution in [3.8, 4) is 0 Å². The molecule has 0 aliphatic rings. The summed E-state index contributed by atoms with van der Waals surface area (Å²) in [5.41, 5.74) is 0. The lowest BCUT2D eigenvalue weighted by molar-refractivity contribution is -0.127. The Hall–Kier alpha value is -0.790. The van der Waals surface area contributed by atoms with E-state index in [-0.39, 0.29) is 5.91 Å². The van der Waals surface area contributed by atoms with E-state index in [0.717, 1.165) is 6.42 Å². The number of nitrogens with zero attached hydrogens (tertiary/aromatic N) is 1. The second-order valence-electron chi connectivity index (χ2n) is 6.18. The molecule has 0 rings (SSSR count). The molecule has 0 bridgehead atoms. The Balaban J connectivity index is 3.12. The number of amides is 1. The van der Waals surface area contributed by atoms with Gasteiger partial charge in [-0.1, -0.05) is 90.6 Å². The molecule has 0 radical (unpaired) electrons. The Morgan fingerprint density at radius 3 is 1.57 bits per heavy atom. The van der Waals surface area contributed by atoms with Gasteiger partial charge in [0.25, 0.3) is 0 Å². The molecule has 0 atom stereocenters. The van der Waals surface area contributed by atoms with Gasteiger partial charge in [-0.2, -0.15) is 0 Å². The third-order valence-corrected chi connectivity index (χ3v) is 4.16. The lowest BCUT2D eigenvalue weighted by Crippen LogP contribution is -2.19. The van der Waals surface area contributed by atoms with E-state index in [0.29, 0.717) is 6.42 Å². The number of hydrogen-bond acceptors (Lipinski definition) is 1. The van der Waals surface area contributed by atoms with Crippen LogP contribution in [0.15, 0.2) is 12.8 Å². The predicted octanol–water partition coefficient (Wildman–Crippen LogP) is 6.07. The highest BCUT2D eigenvalue weighted by molar-refractivity contribution is 5.76. The van der Waals surface area contributed by atoms with Crippen LogP contribution in [0.4, 0.5) is 0 Å². The van der Waals surface area contributed by atoms with E-state index in [1.165, 1.54) is 77.0 Å². The fourth-order valence-electron chi connectivity index (χ4n) is 2.57. The van der Waals surface area contributed by atoms with Gasteiger partial charge >= 0.3 is 0 Å². The monoisotopic (exact) mass is 295 g/mol. The minimum atomic E-state index is 0.188. The Labute approximate surface area is 133 Å². The van der Waals surface area contributed by atoms with Crippen molar-refractivity contribution in [2.24, 2.45) is 0 Å². The molecule has 2 nitrogen and oxygen atoms in total. The van der Waals surface area contributed by atoms with Crippen LogP contribution < -0.4 is 0 Å². The number of hydrogen-bond donors (Lipinski definition) is 0. The van der Waals surface area contributed by atoms with Crippen molar-refractivity contribution in [2.75, 3.05) is 7.05 Å². The number of rotatable bonds is 15. The van der Waals surface area contributed by atoms with Gasteiger partial charge in [-0.05, 0) is 12.6 Å². The zero-order valence-electron chi connectivity index (χ0n) is 14.5. The molecule has 0 aliphatic heterocycles. The summed E-state index contributed by atoms with van der Waals surface area (Å²) in [5, 5.41) is 0. The van der Waals surface area contributed by atoms with E-state index in [9.17, 15) is 4.79 Å². The molecule has 0 saturated heterocycles. The van der Waals surface area contributed by atoms with Crippen LogP contribution in [0.2, 0.25) is 0 Å². The van der Waals surface area contributed by atoms with Crippen LogP contribution in [0.3, 0.4) is 0 Å². The maximum absolute atomic E-state index is 11.5. The van der Waals surface area contributed by atoms with E-state index < -0.39 is 0 Å². The smallest absolute Gasteiger partial charge is 0.226 e. The SMILES string of the molecule is C=CN(C)C(=O)CCCCCCCCCCCCCCC. The first-order valence-electron chi connectivity index (χ1n) is 9.10. The van der Waals surface area contributed by atoms with Gasteiger partial charge in [-0.25, -0.2) is 0 Å². The zero-order valence-corrected chi connectivity index (χ0v) is 14.5. The van der Waals surface area contributed by atoms with Crippen molar-refractivity contribution in [3.05, 3.63) is 12.8 Å². The Bertz CT molecular complexity index is 250. The minimum absolute atomic E-state index is 0.188. The van der Waals surface area contributed by atoms with Crippen molar-refractivity contribution in [3.63, 3.8) is 0 Å². The molecule has 2 heteroatoms. The number of carbonyl (C=O) groups is 1. The summed E-state index contributed by atoms with van der Waals surface area (Å²) >= 11 is 0. The molecule has 0 N–H and O–H groups in total. The number of unbranched alkanes of at least 4 members (excludes halogenated alkanes) is 12. The van der Waals surface area contributed by atoms with Crippen molar-refractivity contribution in [1.29, 1.82) is 0 Å². The van der Waals surface area contributed by atoms with Gasteiger partial charge in [0.15, 0.2) is 0 Å². The van der Waals surface area contributed by atoms with Gasteiger partial charge in [-0.3, -0.25) is 4.79 Å². The molecule has 124 valence electrons. The fourth-order valence-corrected chi connectivity index (χ4v) is 2.57. The largest absolute Gasteiger partial charge is 0.323 e. The Kier molecular flexibility index (Phi) is 15.0. The summed E-state index contributed by atoms with van der Waals surface area (Å²) < 4.78 is 0. The predicted molar refractivity (Wildman–Crippen MR) is 93.3 cm³/mol. The molecule has 0 heterocycles. The van der Waals surface area contributed by atoms with Gasteiger partial charge < -0.3 is 4.90 Å². The summed E-state index contributed by atoms with van der Waals surface area (Å²) in [6, 6.07) is 0. The summed E-state index contributed by atoms with van der Waals surface area (Å²) in [5.74, 6) is 0.188. The average molecular weight is 296 g/mol. The standard InChI is InChI=1S/C19H37NO/c1-4-6-7-8-9-10-11-12-13-14-15-16-17-18-19(21)20(3)5-2/h5H,2,4,6-18H2,1,3H3. The lowest BCUT2D eigenvalue weighted by atomic mass is 10.0. The minimum Gasteiger partial charge on any atom is -0.323 e. The van der Waals surface area contributed by atoms with Gasteiger partial charge in [0, 0.05) is 13.5 Å². The summed E-state index contributed by atoms with van der Waals surface area (Å²) in [7, 11) is 1.78. The molecular formula is C19H37NO. The molecule has 0 aromatic heterocycles. The van der Waals surface area contributed by atoms with E-state index in [1.807, 2.05) is 0 Å². The lowest BCUT2D eigenvalue weighted by Gasteiger charge is -2.10. The van der Waals surface area contributed by atoms with E-state index >= 15 is 0 Å². The van der Waals surface area contributed by atoms with Gasteiger partial charge in [0.2, 0.25) is 5.91 Å². The maximum atomic E-state index is 11.5. The summed E-state index contributed by atoms with van der Waals surface area (Å²) in [6.45, 7) is 5.87. The van der Waals surface area contributed by atoms with Crippen LogP contribution in [-0.2, 0) is 4.79 Å². The van der Waals surface area contributed by atoms with E-state index in [2.05, 4.69) is 13.5 Å². The first-order valence-corrected chi connectivity index (χ1v) is 9.10. The topological polar surface area (TPSA) is 20.3 Å². The van der Waals surface area contributed by atoms with Crippen LogP contribution in [0.5, 0.6) is 0 Å². The fraction of sp³-hybridized carbons (Fsp3) is 0.842.